The van der Waals surface area contributed by atoms with Gasteiger partial charge < -0.3 is 19.5 Å². The van der Waals surface area contributed by atoms with E-state index in [9.17, 15) is 14.7 Å². The molecule has 2 atom stereocenters. The summed E-state index contributed by atoms with van der Waals surface area (Å²) in [6, 6.07) is 6.14. The molecule has 27 heavy (non-hydrogen) atoms. The second kappa shape index (κ2) is 8.30. The van der Waals surface area contributed by atoms with Crippen LogP contribution in [0.25, 0.3) is 0 Å². The van der Waals surface area contributed by atoms with Crippen LogP contribution in [0.3, 0.4) is 0 Å². The number of amides is 1. The highest BCUT2D eigenvalue weighted by molar-refractivity contribution is 5.81. The molecule has 6 heteroatoms. The maximum Gasteiger partial charge on any atom is 0.311 e. The number of carbonyl (C=O) groups is 2. The monoisotopic (exact) mass is 375 g/mol. The summed E-state index contributed by atoms with van der Waals surface area (Å²) in [4.78, 5) is 26.2. The first-order valence-electron chi connectivity index (χ1n) is 9.77. The lowest BCUT2D eigenvalue weighted by Gasteiger charge is -2.33. The molecule has 1 amide bonds. The molecule has 0 aliphatic carbocycles. The average molecular weight is 375 g/mol. The Morgan fingerprint density at radius 2 is 2.22 bits per heavy atom. The van der Waals surface area contributed by atoms with Gasteiger partial charge in [0.15, 0.2) is 0 Å². The quantitative estimate of drug-likeness (QED) is 0.793. The summed E-state index contributed by atoms with van der Waals surface area (Å²) >= 11 is 0. The second-order valence-corrected chi connectivity index (χ2v) is 7.64. The Balaban J connectivity index is 1.53. The first kappa shape index (κ1) is 19.7. The molecule has 6 nitrogen and oxygen atoms in total. The van der Waals surface area contributed by atoms with Gasteiger partial charge in [-0.3, -0.25) is 9.59 Å². The normalized spacial score (nSPS) is 24.5. The Bertz CT molecular complexity index is 704. The molecule has 1 N–H and O–H groups in total. The van der Waals surface area contributed by atoms with Crippen LogP contribution in [-0.4, -0.2) is 54.8 Å². The predicted octanol–water partition coefficient (Wildman–Crippen LogP) is 2.67. The van der Waals surface area contributed by atoms with Gasteiger partial charge in [0, 0.05) is 32.0 Å². The van der Waals surface area contributed by atoms with Gasteiger partial charge >= 0.3 is 5.97 Å². The average Bonchev–Trinajstić information content (AvgIpc) is 3.05. The molecule has 3 rings (SSSR count). The van der Waals surface area contributed by atoms with Crippen molar-refractivity contribution in [1.82, 2.24) is 4.90 Å². The van der Waals surface area contributed by atoms with Crippen molar-refractivity contribution in [1.29, 1.82) is 0 Å². The first-order chi connectivity index (χ1) is 13.0. The molecule has 2 fully saturated rings. The Morgan fingerprint density at radius 3 is 2.89 bits per heavy atom. The van der Waals surface area contributed by atoms with Crippen LogP contribution in [0.5, 0.6) is 5.75 Å². The number of benzene rings is 1. The van der Waals surface area contributed by atoms with Gasteiger partial charge in [0.25, 0.3) is 0 Å². The molecule has 0 unspecified atom stereocenters. The topological polar surface area (TPSA) is 76.1 Å². The molecule has 0 radical (unpaired) electrons. The molecule has 2 heterocycles. The van der Waals surface area contributed by atoms with Gasteiger partial charge in [-0.15, -0.1) is 0 Å². The van der Waals surface area contributed by atoms with Crippen molar-refractivity contribution in [3.8, 4) is 5.75 Å². The molecule has 0 bridgehead atoms. The molecule has 0 saturated carbocycles. The Labute approximate surface area is 160 Å². The number of fused-ring (bicyclic) bond motifs is 1. The standard InChI is InChI=1S/C21H29NO5/c1-3-27-18-8-7-16(11-15(18)2)5-4-6-19(23)22-12-17-13-26-10-9-21(17,14-22)20(24)25/h7-8,11,17H,3-6,9-10,12-14H2,1-2H3,(H,24,25)/t17-,21+/m1/s1. The number of aryl methyl sites for hydroxylation is 2. The maximum atomic E-state index is 12.6. The number of hydrogen-bond acceptors (Lipinski definition) is 4. The number of carboxylic acids is 1. The maximum absolute atomic E-state index is 12.6. The second-order valence-electron chi connectivity index (χ2n) is 7.64. The Kier molecular flexibility index (Phi) is 6.05. The van der Waals surface area contributed by atoms with E-state index in [4.69, 9.17) is 9.47 Å². The van der Waals surface area contributed by atoms with E-state index in [1.807, 2.05) is 26.0 Å². The van der Waals surface area contributed by atoms with Crippen molar-refractivity contribution in [2.45, 2.75) is 39.5 Å². The van der Waals surface area contributed by atoms with E-state index in [1.165, 1.54) is 5.56 Å². The van der Waals surface area contributed by atoms with Crippen LogP contribution in [-0.2, 0) is 20.7 Å². The number of carbonyl (C=O) groups excluding carboxylic acids is 1. The first-order valence-corrected chi connectivity index (χ1v) is 9.77. The minimum atomic E-state index is -0.819. The molecular formula is C21H29NO5. The van der Waals surface area contributed by atoms with E-state index in [-0.39, 0.29) is 11.8 Å². The van der Waals surface area contributed by atoms with Crippen molar-refractivity contribution >= 4 is 11.9 Å². The summed E-state index contributed by atoms with van der Waals surface area (Å²) in [7, 11) is 0. The number of rotatable bonds is 7. The predicted molar refractivity (Wildman–Crippen MR) is 101 cm³/mol. The lowest BCUT2D eigenvalue weighted by molar-refractivity contribution is -0.157. The molecule has 2 saturated heterocycles. The van der Waals surface area contributed by atoms with E-state index >= 15 is 0 Å². The van der Waals surface area contributed by atoms with Gasteiger partial charge in [0.05, 0.1) is 18.6 Å². The van der Waals surface area contributed by atoms with Gasteiger partial charge in [0.1, 0.15) is 5.75 Å². The van der Waals surface area contributed by atoms with Gasteiger partial charge in [-0.2, -0.15) is 0 Å². The SMILES string of the molecule is CCOc1ccc(CCCC(=O)N2C[C@@H]3COCC[C@]3(C(=O)O)C2)cc1C. The van der Waals surface area contributed by atoms with Crippen LogP contribution < -0.4 is 4.74 Å². The number of carboxylic acid groups (broad SMARTS) is 1. The fraction of sp³-hybridized carbons (Fsp3) is 0.619. The summed E-state index contributed by atoms with van der Waals surface area (Å²) in [5, 5.41) is 9.71. The molecule has 1 aromatic carbocycles. The van der Waals surface area contributed by atoms with Crippen LogP contribution in [0.4, 0.5) is 0 Å². The lowest BCUT2D eigenvalue weighted by Crippen LogP contribution is -2.45. The Morgan fingerprint density at radius 1 is 1.41 bits per heavy atom. The summed E-state index contributed by atoms with van der Waals surface area (Å²) in [6.07, 6.45) is 2.51. The number of ether oxygens (including phenoxy) is 2. The molecule has 0 aromatic heterocycles. The molecule has 2 aliphatic heterocycles. The minimum Gasteiger partial charge on any atom is -0.494 e. The summed E-state index contributed by atoms with van der Waals surface area (Å²) in [6.45, 7) is 6.34. The van der Waals surface area contributed by atoms with E-state index in [2.05, 4.69) is 6.07 Å². The van der Waals surface area contributed by atoms with Gasteiger partial charge in [-0.25, -0.2) is 0 Å². The van der Waals surface area contributed by atoms with Crippen molar-refractivity contribution in [3.05, 3.63) is 29.3 Å². The largest absolute Gasteiger partial charge is 0.494 e. The van der Waals surface area contributed by atoms with Crippen molar-refractivity contribution in [3.63, 3.8) is 0 Å². The highest BCUT2D eigenvalue weighted by Gasteiger charge is 2.54. The van der Waals surface area contributed by atoms with Gasteiger partial charge in [0.2, 0.25) is 5.91 Å². The molecule has 1 aromatic rings. The number of nitrogens with zero attached hydrogens (tertiary/aromatic N) is 1. The summed E-state index contributed by atoms with van der Waals surface area (Å²) in [5.74, 6) is 0.0586. The molecule has 2 aliphatic rings. The van der Waals surface area contributed by atoms with Gasteiger partial charge in [-0.05, 0) is 50.3 Å². The summed E-state index contributed by atoms with van der Waals surface area (Å²) < 4.78 is 11.0. The van der Waals surface area contributed by atoms with E-state index < -0.39 is 11.4 Å². The van der Waals surface area contributed by atoms with Crippen LogP contribution in [0, 0.1) is 18.3 Å². The minimum absolute atomic E-state index is 0.0488. The van der Waals surface area contributed by atoms with Crippen LogP contribution >= 0.6 is 0 Å². The van der Waals surface area contributed by atoms with E-state index in [0.29, 0.717) is 45.8 Å². The highest BCUT2D eigenvalue weighted by atomic mass is 16.5. The zero-order chi connectivity index (χ0) is 19.4. The zero-order valence-corrected chi connectivity index (χ0v) is 16.2. The van der Waals surface area contributed by atoms with Crippen molar-refractivity contribution in [2.75, 3.05) is 32.9 Å². The van der Waals surface area contributed by atoms with Crippen molar-refractivity contribution < 1.29 is 24.2 Å². The van der Waals surface area contributed by atoms with Crippen LogP contribution in [0.1, 0.15) is 37.3 Å². The van der Waals surface area contributed by atoms with E-state index in [0.717, 1.165) is 24.2 Å². The number of likely N-dealkylation sites (tertiary alicyclic amines) is 1. The van der Waals surface area contributed by atoms with Crippen LogP contribution in [0.2, 0.25) is 0 Å². The number of aliphatic carboxylic acids is 1. The number of hydrogen-bond donors (Lipinski definition) is 1. The van der Waals surface area contributed by atoms with Crippen molar-refractivity contribution in [2.24, 2.45) is 11.3 Å². The van der Waals surface area contributed by atoms with E-state index in [1.54, 1.807) is 4.90 Å². The highest BCUT2D eigenvalue weighted by Crippen LogP contribution is 2.42. The lowest BCUT2D eigenvalue weighted by atomic mass is 9.74. The summed E-state index contributed by atoms with van der Waals surface area (Å²) in [5.41, 5.74) is 1.47. The molecule has 148 valence electrons. The molecule has 0 spiro atoms. The van der Waals surface area contributed by atoms with Gasteiger partial charge in [-0.1, -0.05) is 12.1 Å². The fourth-order valence-corrected chi connectivity index (χ4v) is 4.28. The molecular weight excluding hydrogens is 346 g/mol. The third kappa shape index (κ3) is 4.10. The zero-order valence-electron chi connectivity index (χ0n) is 16.2. The third-order valence-electron chi connectivity index (χ3n) is 5.88. The van der Waals surface area contributed by atoms with Crippen LogP contribution in [0.15, 0.2) is 18.2 Å². The fourth-order valence-electron chi connectivity index (χ4n) is 4.28. The third-order valence-corrected chi connectivity index (χ3v) is 5.88. The Hall–Kier alpha value is -2.08. The smallest absolute Gasteiger partial charge is 0.311 e.